The third-order valence-corrected chi connectivity index (χ3v) is 3.79. The highest BCUT2D eigenvalue weighted by Gasteiger charge is 2.23. The Kier molecular flexibility index (Phi) is 4.58. The van der Waals surface area contributed by atoms with E-state index < -0.39 is 0 Å². The third kappa shape index (κ3) is 3.42. The molecule has 0 aromatic carbocycles. The molecule has 2 rings (SSSR count). The Morgan fingerprint density at radius 1 is 1.00 bits per heavy atom. The highest BCUT2D eigenvalue weighted by Crippen LogP contribution is 2.14. The lowest BCUT2D eigenvalue weighted by Crippen LogP contribution is -2.48. The van der Waals surface area contributed by atoms with Gasteiger partial charge in [0.25, 0.3) is 0 Å². The van der Waals surface area contributed by atoms with Crippen LogP contribution in [0.25, 0.3) is 0 Å². The molecule has 1 unspecified atom stereocenters. The summed E-state index contributed by atoms with van der Waals surface area (Å²) in [5.74, 6) is 0. The Balaban J connectivity index is 1.71. The van der Waals surface area contributed by atoms with Crippen LogP contribution in [0.3, 0.4) is 0 Å². The molecular formula is C12H24N2O2. The van der Waals surface area contributed by atoms with Crippen molar-refractivity contribution in [3.05, 3.63) is 0 Å². The summed E-state index contributed by atoms with van der Waals surface area (Å²) in [6.45, 7) is 4.67. The highest BCUT2D eigenvalue weighted by atomic mass is 16.3. The van der Waals surface area contributed by atoms with Crippen molar-refractivity contribution in [2.45, 2.75) is 44.4 Å². The molecule has 2 N–H and O–H groups in total. The summed E-state index contributed by atoms with van der Waals surface area (Å²) in [5, 5.41) is 19.5. The fourth-order valence-electron chi connectivity index (χ4n) is 2.66. The summed E-state index contributed by atoms with van der Waals surface area (Å²) in [6.07, 6.45) is 5.02. The molecule has 0 aromatic rings. The van der Waals surface area contributed by atoms with Crippen molar-refractivity contribution in [2.24, 2.45) is 0 Å². The van der Waals surface area contributed by atoms with E-state index in [1.165, 1.54) is 19.3 Å². The maximum Gasteiger partial charge on any atom is 0.120 e. The number of hydrogen-bond acceptors (Lipinski definition) is 4. The van der Waals surface area contributed by atoms with Gasteiger partial charge in [-0.25, -0.2) is 0 Å². The van der Waals surface area contributed by atoms with Crippen molar-refractivity contribution < 1.29 is 10.2 Å². The zero-order valence-electron chi connectivity index (χ0n) is 10.0. The van der Waals surface area contributed by atoms with Crippen LogP contribution in [0.5, 0.6) is 0 Å². The second-order valence-electron chi connectivity index (χ2n) is 5.11. The molecule has 2 heterocycles. The molecule has 2 aliphatic heterocycles. The average molecular weight is 228 g/mol. The summed E-state index contributed by atoms with van der Waals surface area (Å²) < 4.78 is 0. The smallest absolute Gasteiger partial charge is 0.120 e. The SMILES string of the molecule is OC1CCN(CC(O)N2CCCCC2)CC1. The Morgan fingerprint density at radius 2 is 1.62 bits per heavy atom. The third-order valence-electron chi connectivity index (χ3n) is 3.79. The van der Waals surface area contributed by atoms with E-state index in [1.54, 1.807) is 0 Å². The maximum absolute atomic E-state index is 10.1. The maximum atomic E-state index is 10.1. The Labute approximate surface area is 97.9 Å². The summed E-state index contributed by atoms with van der Waals surface area (Å²) in [5.41, 5.74) is 0. The topological polar surface area (TPSA) is 46.9 Å². The lowest BCUT2D eigenvalue weighted by Gasteiger charge is -2.36. The van der Waals surface area contributed by atoms with Gasteiger partial charge in [-0.3, -0.25) is 9.80 Å². The van der Waals surface area contributed by atoms with Crippen LogP contribution in [-0.4, -0.2) is 65.1 Å². The molecule has 0 spiro atoms. The van der Waals surface area contributed by atoms with Gasteiger partial charge in [-0.05, 0) is 25.7 Å². The van der Waals surface area contributed by atoms with Crippen LogP contribution in [0.15, 0.2) is 0 Å². The predicted octanol–water partition coefficient (Wildman–Crippen LogP) is 0.247. The standard InChI is InChI=1S/C12H24N2O2/c15-11-4-8-13(9-5-11)10-12(16)14-6-2-1-3-7-14/h11-12,15-16H,1-10H2. The number of β-amino-alcohol motifs (C(OH)–C–C–N with tert-alkyl or cyclic N) is 1. The van der Waals surface area contributed by atoms with Crippen LogP contribution in [0.4, 0.5) is 0 Å². The van der Waals surface area contributed by atoms with E-state index in [4.69, 9.17) is 0 Å². The van der Waals surface area contributed by atoms with E-state index in [0.29, 0.717) is 0 Å². The van der Waals surface area contributed by atoms with Gasteiger partial charge in [0.2, 0.25) is 0 Å². The first kappa shape index (κ1) is 12.3. The summed E-state index contributed by atoms with van der Waals surface area (Å²) in [7, 11) is 0. The van der Waals surface area contributed by atoms with Crippen molar-refractivity contribution in [2.75, 3.05) is 32.7 Å². The van der Waals surface area contributed by atoms with Crippen LogP contribution < -0.4 is 0 Å². The van der Waals surface area contributed by atoms with Crippen LogP contribution >= 0.6 is 0 Å². The first-order valence-corrected chi connectivity index (χ1v) is 6.58. The van der Waals surface area contributed by atoms with E-state index in [1.807, 2.05) is 0 Å². The van der Waals surface area contributed by atoms with Crippen LogP contribution in [0.1, 0.15) is 32.1 Å². The Hall–Kier alpha value is -0.160. The van der Waals surface area contributed by atoms with Crippen molar-refractivity contribution in [1.82, 2.24) is 9.80 Å². The van der Waals surface area contributed by atoms with E-state index in [9.17, 15) is 10.2 Å². The molecule has 1 atom stereocenters. The van der Waals surface area contributed by atoms with Gasteiger partial charge in [-0.1, -0.05) is 6.42 Å². The first-order valence-electron chi connectivity index (χ1n) is 6.58. The molecular weight excluding hydrogens is 204 g/mol. The number of likely N-dealkylation sites (tertiary alicyclic amines) is 2. The van der Waals surface area contributed by atoms with Gasteiger partial charge in [0.15, 0.2) is 0 Å². The van der Waals surface area contributed by atoms with Crippen molar-refractivity contribution in [1.29, 1.82) is 0 Å². The molecule has 2 fully saturated rings. The normalized spacial score (nSPS) is 28.1. The minimum absolute atomic E-state index is 0.122. The van der Waals surface area contributed by atoms with Crippen molar-refractivity contribution in [3.63, 3.8) is 0 Å². The largest absolute Gasteiger partial charge is 0.393 e. The Morgan fingerprint density at radius 3 is 2.25 bits per heavy atom. The minimum Gasteiger partial charge on any atom is -0.393 e. The van der Waals surface area contributed by atoms with Crippen LogP contribution in [0.2, 0.25) is 0 Å². The van der Waals surface area contributed by atoms with E-state index >= 15 is 0 Å². The summed E-state index contributed by atoms with van der Waals surface area (Å²) >= 11 is 0. The average Bonchev–Trinajstić information content (AvgIpc) is 2.33. The molecule has 94 valence electrons. The molecule has 2 aliphatic rings. The zero-order chi connectivity index (χ0) is 11.4. The van der Waals surface area contributed by atoms with E-state index in [-0.39, 0.29) is 12.3 Å². The van der Waals surface area contributed by atoms with Crippen molar-refractivity contribution >= 4 is 0 Å². The second-order valence-corrected chi connectivity index (χ2v) is 5.11. The van der Waals surface area contributed by atoms with Gasteiger partial charge in [0.1, 0.15) is 6.23 Å². The lowest BCUT2D eigenvalue weighted by atomic mass is 10.1. The van der Waals surface area contributed by atoms with Gasteiger partial charge in [-0.15, -0.1) is 0 Å². The quantitative estimate of drug-likeness (QED) is 0.727. The molecule has 2 saturated heterocycles. The van der Waals surface area contributed by atoms with E-state index in [2.05, 4.69) is 9.80 Å². The number of aliphatic hydroxyl groups excluding tert-OH is 2. The molecule has 0 saturated carbocycles. The number of hydrogen-bond donors (Lipinski definition) is 2. The molecule has 0 radical (unpaired) electrons. The van der Waals surface area contributed by atoms with Gasteiger partial charge >= 0.3 is 0 Å². The number of aliphatic hydroxyl groups is 2. The molecule has 0 aliphatic carbocycles. The lowest BCUT2D eigenvalue weighted by molar-refractivity contribution is -0.0400. The van der Waals surface area contributed by atoms with Gasteiger partial charge in [-0.2, -0.15) is 0 Å². The monoisotopic (exact) mass is 228 g/mol. The summed E-state index contributed by atoms with van der Waals surface area (Å²) in [4.78, 5) is 4.46. The van der Waals surface area contributed by atoms with Crippen molar-refractivity contribution in [3.8, 4) is 0 Å². The van der Waals surface area contributed by atoms with Crippen LogP contribution in [0, 0.1) is 0 Å². The van der Waals surface area contributed by atoms with Gasteiger partial charge in [0.05, 0.1) is 6.10 Å². The summed E-state index contributed by atoms with van der Waals surface area (Å²) in [6, 6.07) is 0. The fraction of sp³-hybridized carbons (Fsp3) is 1.00. The molecule has 4 heteroatoms. The second kappa shape index (κ2) is 5.96. The number of nitrogens with zero attached hydrogens (tertiary/aromatic N) is 2. The fourth-order valence-corrected chi connectivity index (χ4v) is 2.66. The van der Waals surface area contributed by atoms with E-state index in [0.717, 1.165) is 45.6 Å². The molecule has 0 aromatic heterocycles. The highest BCUT2D eigenvalue weighted by molar-refractivity contribution is 4.75. The molecule has 4 nitrogen and oxygen atoms in total. The zero-order valence-corrected chi connectivity index (χ0v) is 10.0. The van der Waals surface area contributed by atoms with Gasteiger partial charge < -0.3 is 10.2 Å². The number of piperidine rings is 2. The predicted molar refractivity (Wildman–Crippen MR) is 63.1 cm³/mol. The Bertz CT molecular complexity index is 199. The van der Waals surface area contributed by atoms with Crippen LogP contribution in [-0.2, 0) is 0 Å². The number of rotatable bonds is 3. The molecule has 16 heavy (non-hydrogen) atoms. The first-order chi connectivity index (χ1) is 7.75. The molecule has 0 amide bonds. The minimum atomic E-state index is -0.310. The molecule has 0 bridgehead atoms. The van der Waals surface area contributed by atoms with Gasteiger partial charge in [0, 0.05) is 32.7 Å².